The third-order valence-electron chi connectivity index (χ3n) is 5.47. The van der Waals surface area contributed by atoms with E-state index in [2.05, 4.69) is 9.88 Å². The van der Waals surface area contributed by atoms with Gasteiger partial charge in [-0.15, -0.1) is 0 Å². The maximum atomic E-state index is 13.8. The summed E-state index contributed by atoms with van der Waals surface area (Å²) in [6.07, 6.45) is 5.67. The van der Waals surface area contributed by atoms with E-state index in [1.54, 1.807) is 12.3 Å². The Labute approximate surface area is 142 Å². The summed E-state index contributed by atoms with van der Waals surface area (Å²) < 4.78 is 31.1. The average Bonchev–Trinajstić information content (AvgIpc) is 3.02. The van der Waals surface area contributed by atoms with Crippen molar-refractivity contribution < 1.29 is 18.6 Å². The third-order valence-corrected chi connectivity index (χ3v) is 5.47. The van der Waals surface area contributed by atoms with Crippen LogP contribution in [0.2, 0.25) is 0 Å². The molecule has 0 radical (unpaired) electrons. The summed E-state index contributed by atoms with van der Waals surface area (Å²) in [5.41, 5.74) is 0. The van der Waals surface area contributed by atoms with Crippen molar-refractivity contribution in [3.05, 3.63) is 24.1 Å². The molecule has 3 heterocycles. The molecule has 1 aromatic rings. The van der Waals surface area contributed by atoms with Gasteiger partial charge < -0.3 is 14.2 Å². The summed E-state index contributed by atoms with van der Waals surface area (Å²) in [5.74, 6) is 0.398. The fourth-order valence-corrected chi connectivity index (χ4v) is 4.21. The molecular formula is C18H25FN2O3. The van der Waals surface area contributed by atoms with E-state index < -0.39 is 5.82 Å². The normalized spacial score (nSPS) is 31.8. The second kappa shape index (κ2) is 7.33. The quantitative estimate of drug-likeness (QED) is 0.844. The van der Waals surface area contributed by atoms with E-state index in [0.29, 0.717) is 12.0 Å². The van der Waals surface area contributed by atoms with E-state index in [0.717, 1.165) is 58.6 Å². The largest absolute Gasteiger partial charge is 0.469 e. The highest BCUT2D eigenvalue weighted by molar-refractivity contribution is 5.14. The predicted molar refractivity (Wildman–Crippen MR) is 86.5 cm³/mol. The van der Waals surface area contributed by atoms with Crippen molar-refractivity contribution in [2.75, 3.05) is 32.9 Å². The number of ether oxygens (including phenoxy) is 3. The molecule has 0 N–H and O–H groups in total. The van der Waals surface area contributed by atoms with Gasteiger partial charge >= 0.3 is 0 Å². The summed E-state index contributed by atoms with van der Waals surface area (Å²) in [6, 6.07) is 3.33. The Hall–Kier alpha value is -1.24. The lowest BCUT2D eigenvalue weighted by molar-refractivity contribution is -0.0964. The number of pyridine rings is 1. The van der Waals surface area contributed by atoms with Gasteiger partial charge in [0.05, 0.1) is 6.61 Å². The van der Waals surface area contributed by atoms with Gasteiger partial charge in [-0.3, -0.25) is 4.90 Å². The van der Waals surface area contributed by atoms with Gasteiger partial charge in [-0.05, 0) is 43.7 Å². The molecule has 0 aromatic carbocycles. The number of morpholine rings is 1. The van der Waals surface area contributed by atoms with Crippen LogP contribution >= 0.6 is 0 Å². The second-order valence-electron chi connectivity index (χ2n) is 6.98. The molecule has 0 spiro atoms. The van der Waals surface area contributed by atoms with Gasteiger partial charge in [-0.2, -0.15) is 0 Å². The average molecular weight is 336 g/mol. The third kappa shape index (κ3) is 3.41. The zero-order valence-corrected chi connectivity index (χ0v) is 13.9. The van der Waals surface area contributed by atoms with Crippen LogP contribution in [-0.4, -0.2) is 61.0 Å². The minimum atomic E-state index is -0.407. The molecule has 5 nitrogen and oxygen atoms in total. The van der Waals surface area contributed by atoms with Crippen molar-refractivity contribution in [2.45, 2.75) is 43.9 Å². The number of aromatic nitrogens is 1. The number of halogens is 1. The first-order valence-corrected chi connectivity index (χ1v) is 9.02. The summed E-state index contributed by atoms with van der Waals surface area (Å²) in [5, 5.41) is 0. The molecule has 3 fully saturated rings. The fraction of sp³-hybridized carbons (Fsp3) is 0.722. The molecule has 2 aliphatic heterocycles. The number of rotatable bonds is 4. The molecule has 0 amide bonds. The molecule has 0 unspecified atom stereocenters. The molecule has 6 heteroatoms. The molecule has 1 aromatic heterocycles. The van der Waals surface area contributed by atoms with E-state index in [1.807, 2.05) is 0 Å². The zero-order valence-electron chi connectivity index (χ0n) is 13.9. The lowest BCUT2D eigenvalue weighted by atomic mass is 9.98. The van der Waals surface area contributed by atoms with Crippen LogP contribution in [0.1, 0.15) is 25.7 Å². The Morgan fingerprint density at radius 2 is 2.08 bits per heavy atom. The molecule has 0 bridgehead atoms. The van der Waals surface area contributed by atoms with Crippen LogP contribution in [-0.2, 0) is 9.47 Å². The molecule has 132 valence electrons. The highest BCUT2D eigenvalue weighted by Crippen LogP contribution is 2.34. The van der Waals surface area contributed by atoms with E-state index in [-0.39, 0.29) is 18.1 Å². The van der Waals surface area contributed by atoms with E-state index in [4.69, 9.17) is 14.2 Å². The Balaban J connectivity index is 1.39. The Morgan fingerprint density at radius 1 is 1.21 bits per heavy atom. The van der Waals surface area contributed by atoms with Gasteiger partial charge in [0, 0.05) is 38.5 Å². The first-order valence-electron chi connectivity index (χ1n) is 9.02. The summed E-state index contributed by atoms with van der Waals surface area (Å²) in [4.78, 5) is 6.57. The Bertz CT molecular complexity index is 553. The van der Waals surface area contributed by atoms with Crippen molar-refractivity contribution in [1.29, 1.82) is 0 Å². The predicted octanol–water partition coefficient (Wildman–Crippen LogP) is 2.26. The number of hydrogen-bond donors (Lipinski definition) is 0. The molecule has 3 atom stereocenters. The van der Waals surface area contributed by atoms with Crippen LogP contribution in [0.15, 0.2) is 18.3 Å². The Kier molecular flexibility index (Phi) is 4.96. The van der Waals surface area contributed by atoms with Gasteiger partial charge in [0.15, 0.2) is 5.82 Å². The van der Waals surface area contributed by atoms with Gasteiger partial charge in [0.1, 0.15) is 12.2 Å². The molecule has 4 rings (SSSR count). The SMILES string of the molecule is Fc1cccnc1O[C@@H]1CC[C@H]2[C@H]1OCCN2CC1CCOCC1. The van der Waals surface area contributed by atoms with Gasteiger partial charge in [-0.1, -0.05) is 0 Å². The van der Waals surface area contributed by atoms with E-state index in [1.165, 1.54) is 6.07 Å². The monoisotopic (exact) mass is 336 g/mol. The van der Waals surface area contributed by atoms with Crippen LogP contribution < -0.4 is 4.74 Å². The van der Waals surface area contributed by atoms with Crippen LogP contribution in [0.25, 0.3) is 0 Å². The summed E-state index contributed by atoms with van der Waals surface area (Å²) in [7, 11) is 0. The van der Waals surface area contributed by atoms with E-state index in [9.17, 15) is 4.39 Å². The maximum absolute atomic E-state index is 13.8. The van der Waals surface area contributed by atoms with Crippen molar-refractivity contribution >= 4 is 0 Å². The highest BCUT2D eigenvalue weighted by atomic mass is 19.1. The van der Waals surface area contributed by atoms with Gasteiger partial charge in [-0.25, -0.2) is 9.37 Å². The maximum Gasteiger partial charge on any atom is 0.250 e. The van der Waals surface area contributed by atoms with Crippen LogP contribution in [0.4, 0.5) is 4.39 Å². The molecule has 3 aliphatic rings. The van der Waals surface area contributed by atoms with Crippen LogP contribution in [0.3, 0.4) is 0 Å². The lowest BCUT2D eigenvalue weighted by Crippen LogP contribution is -2.53. The molecule has 1 saturated carbocycles. The molecule has 2 saturated heterocycles. The zero-order chi connectivity index (χ0) is 16.4. The standard InChI is InChI=1S/C18H25FN2O3/c19-14-2-1-7-20-18(14)24-16-4-3-15-17(16)23-11-8-21(15)12-13-5-9-22-10-6-13/h1-2,7,13,15-17H,3-6,8-12H2/t15-,16+,17+/m0/s1. The summed E-state index contributed by atoms with van der Waals surface area (Å²) >= 11 is 0. The molecular weight excluding hydrogens is 311 g/mol. The summed E-state index contributed by atoms with van der Waals surface area (Å²) in [6.45, 7) is 4.57. The number of hydrogen-bond acceptors (Lipinski definition) is 5. The smallest absolute Gasteiger partial charge is 0.250 e. The molecule has 1 aliphatic carbocycles. The molecule has 24 heavy (non-hydrogen) atoms. The van der Waals surface area contributed by atoms with Crippen molar-refractivity contribution in [3.63, 3.8) is 0 Å². The number of nitrogens with zero attached hydrogens (tertiary/aromatic N) is 2. The van der Waals surface area contributed by atoms with E-state index >= 15 is 0 Å². The minimum absolute atomic E-state index is 0.0139. The van der Waals surface area contributed by atoms with Crippen LogP contribution in [0.5, 0.6) is 5.88 Å². The minimum Gasteiger partial charge on any atom is -0.469 e. The topological polar surface area (TPSA) is 43.8 Å². The second-order valence-corrected chi connectivity index (χ2v) is 6.98. The van der Waals surface area contributed by atoms with Crippen molar-refractivity contribution in [1.82, 2.24) is 9.88 Å². The lowest BCUT2D eigenvalue weighted by Gasteiger charge is -2.41. The van der Waals surface area contributed by atoms with Crippen LogP contribution in [0, 0.1) is 11.7 Å². The van der Waals surface area contributed by atoms with Gasteiger partial charge in [0.25, 0.3) is 5.88 Å². The first kappa shape index (κ1) is 16.2. The first-order chi connectivity index (χ1) is 11.8. The highest BCUT2D eigenvalue weighted by Gasteiger charge is 2.44. The Morgan fingerprint density at radius 3 is 2.92 bits per heavy atom. The van der Waals surface area contributed by atoms with Crippen molar-refractivity contribution in [3.8, 4) is 5.88 Å². The van der Waals surface area contributed by atoms with Gasteiger partial charge in [0.2, 0.25) is 0 Å². The van der Waals surface area contributed by atoms with Crippen molar-refractivity contribution in [2.24, 2.45) is 5.92 Å². The number of fused-ring (bicyclic) bond motifs is 1. The fourth-order valence-electron chi connectivity index (χ4n) is 4.21.